The third-order valence-corrected chi connectivity index (χ3v) is 6.26. The summed E-state index contributed by atoms with van der Waals surface area (Å²) in [5, 5.41) is 5.52. The molecule has 2 aromatic carbocycles. The van der Waals surface area contributed by atoms with Gasteiger partial charge in [0.05, 0.1) is 11.8 Å². The van der Waals surface area contributed by atoms with E-state index in [9.17, 15) is 18.0 Å². The van der Waals surface area contributed by atoms with Crippen molar-refractivity contribution in [3.8, 4) is 0 Å². The fraction of sp³-hybridized carbons (Fsp3) is 0.391. The van der Waals surface area contributed by atoms with Crippen molar-refractivity contribution in [2.45, 2.75) is 44.4 Å². The van der Waals surface area contributed by atoms with Crippen LogP contribution in [0.3, 0.4) is 0 Å². The first-order chi connectivity index (χ1) is 14.8. The lowest BCUT2D eigenvalue weighted by molar-refractivity contribution is -0.124. The minimum absolute atomic E-state index is 0.0283. The number of fused-ring (bicyclic) bond motifs is 1. The normalized spacial score (nSPS) is 16.6. The monoisotopic (exact) mass is 444 g/mol. The first kappa shape index (κ1) is 22.8. The summed E-state index contributed by atoms with van der Waals surface area (Å²) in [5.74, 6) is -0.632. The highest BCUT2D eigenvalue weighted by Gasteiger charge is 2.27. The molecule has 3 rings (SSSR count). The molecule has 1 aliphatic carbocycles. The predicted molar refractivity (Wildman–Crippen MR) is 118 cm³/mol. The minimum Gasteiger partial charge on any atom is -0.445 e. The van der Waals surface area contributed by atoms with Crippen molar-refractivity contribution in [1.82, 2.24) is 10.6 Å². The number of aryl methyl sites for hydroxylation is 1. The van der Waals surface area contributed by atoms with E-state index in [2.05, 4.69) is 10.6 Å². The van der Waals surface area contributed by atoms with Crippen LogP contribution in [0.2, 0.25) is 0 Å². The maximum Gasteiger partial charge on any atom is 0.408 e. The van der Waals surface area contributed by atoms with Gasteiger partial charge in [-0.3, -0.25) is 4.79 Å². The lowest BCUT2D eigenvalue weighted by atomic mass is 9.87. The quantitative estimate of drug-likeness (QED) is 0.652. The molecule has 0 fully saturated rings. The summed E-state index contributed by atoms with van der Waals surface area (Å²) < 4.78 is 28.5. The number of alkyl carbamates (subject to hydrolysis) is 1. The van der Waals surface area contributed by atoms with E-state index in [4.69, 9.17) is 4.74 Å². The summed E-state index contributed by atoms with van der Waals surface area (Å²) >= 11 is 0. The van der Waals surface area contributed by atoms with Gasteiger partial charge in [-0.15, -0.1) is 0 Å². The molecule has 2 amide bonds. The Morgan fingerprint density at radius 3 is 2.55 bits per heavy atom. The standard InChI is InChI=1S/C23H28N2O5S/c1-31(28,29)15-14-21(25-23(27)30-16-17-8-3-2-4-9-17)22(26)24-20-13-7-11-18-10-5-6-12-19(18)20/h2-6,8-10,12,20-21H,7,11,13-16H2,1H3,(H,24,26)(H,25,27). The Hall–Kier alpha value is -2.87. The van der Waals surface area contributed by atoms with E-state index in [1.54, 1.807) is 0 Å². The number of hydrogen-bond acceptors (Lipinski definition) is 5. The van der Waals surface area contributed by atoms with Gasteiger partial charge in [0.25, 0.3) is 0 Å². The predicted octanol–water partition coefficient (Wildman–Crippen LogP) is 2.91. The fourth-order valence-electron chi connectivity index (χ4n) is 3.68. The van der Waals surface area contributed by atoms with E-state index >= 15 is 0 Å². The number of ether oxygens (including phenoxy) is 1. The van der Waals surface area contributed by atoms with E-state index < -0.39 is 27.9 Å². The molecule has 2 unspecified atom stereocenters. The van der Waals surface area contributed by atoms with Gasteiger partial charge in [-0.05, 0) is 42.4 Å². The molecule has 0 saturated carbocycles. The van der Waals surface area contributed by atoms with Gasteiger partial charge in [-0.2, -0.15) is 0 Å². The number of amides is 2. The fourth-order valence-corrected chi connectivity index (χ4v) is 4.35. The van der Waals surface area contributed by atoms with E-state index in [0.29, 0.717) is 0 Å². The van der Waals surface area contributed by atoms with Crippen LogP contribution in [-0.2, 0) is 32.4 Å². The molecule has 2 N–H and O–H groups in total. The van der Waals surface area contributed by atoms with Crippen molar-refractivity contribution in [2.75, 3.05) is 12.0 Å². The molecule has 0 radical (unpaired) electrons. The van der Waals surface area contributed by atoms with Gasteiger partial charge >= 0.3 is 6.09 Å². The summed E-state index contributed by atoms with van der Waals surface area (Å²) in [4.78, 5) is 25.3. The minimum atomic E-state index is -3.30. The second-order valence-corrected chi connectivity index (χ2v) is 10.1. The Morgan fingerprint density at radius 2 is 1.81 bits per heavy atom. The maximum absolute atomic E-state index is 13.0. The number of carbonyl (C=O) groups excluding carboxylic acids is 2. The van der Waals surface area contributed by atoms with E-state index in [0.717, 1.165) is 36.6 Å². The lowest BCUT2D eigenvalue weighted by Gasteiger charge is -2.28. The molecule has 0 spiro atoms. The summed E-state index contributed by atoms with van der Waals surface area (Å²) in [7, 11) is -3.30. The molecule has 2 atom stereocenters. The second kappa shape index (κ2) is 10.4. The Kier molecular flexibility index (Phi) is 7.68. The van der Waals surface area contributed by atoms with Crippen LogP contribution in [0.5, 0.6) is 0 Å². The molecule has 7 nitrogen and oxygen atoms in total. The molecular formula is C23H28N2O5S. The van der Waals surface area contributed by atoms with E-state index in [1.807, 2.05) is 54.6 Å². The highest BCUT2D eigenvalue weighted by atomic mass is 32.2. The van der Waals surface area contributed by atoms with Crippen molar-refractivity contribution in [3.05, 3.63) is 71.3 Å². The molecule has 0 bridgehead atoms. The van der Waals surface area contributed by atoms with Crippen molar-refractivity contribution < 1.29 is 22.7 Å². The third kappa shape index (κ3) is 7.10. The molecule has 166 valence electrons. The van der Waals surface area contributed by atoms with Gasteiger partial charge < -0.3 is 15.4 Å². The summed E-state index contributed by atoms with van der Waals surface area (Å²) in [6.07, 6.45) is 3.01. The van der Waals surface area contributed by atoms with Crippen LogP contribution in [0.25, 0.3) is 0 Å². The Bertz CT molecular complexity index is 1010. The van der Waals surface area contributed by atoms with Crippen LogP contribution in [0.1, 0.15) is 42.0 Å². The average Bonchev–Trinajstić information content (AvgIpc) is 2.75. The SMILES string of the molecule is CS(=O)(=O)CCC(NC(=O)OCc1ccccc1)C(=O)NC1CCCc2ccccc21. The maximum atomic E-state index is 13.0. The van der Waals surface area contributed by atoms with Gasteiger partial charge in [0.1, 0.15) is 22.5 Å². The second-order valence-electron chi connectivity index (χ2n) is 7.83. The van der Waals surface area contributed by atoms with E-state index in [1.165, 1.54) is 5.56 Å². The summed E-state index contributed by atoms with van der Waals surface area (Å²) in [6, 6.07) is 15.9. The van der Waals surface area contributed by atoms with Crippen LogP contribution in [0, 0.1) is 0 Å². The zero-order valence-electron chi connectivity index (χ0n) is 17.5. The average molecular weight is 445 g/mol. The number of nitrogens with one attached hydrogen (secondary N) is 2. The number of hydrogen-bond donors (Lipinski definition) is 2. The highest BCUT2D eigenvalue weighted by Crippen LogP contribution is 2.29. The summed E-state index contributed by atoms with van der Waals surface area (Å²) in [6.45, 7) is 0.0586. The van der Waals surface area contributed by atoms with Crippen LogP contribution in [0.15, 0.2) is 54.6 Å². The number of rotatable bonds is 8. The zero-order chi connectivity index (χ0) is 22.3. The van der Waals surface area contributed by atoms with Crippen molar-refractivity contribution in [2.24, 2.45) is 0 Å². The Morgan fingerprint density at radius 1 is 1.10 bits per heavy atom. The van der Waals surface area contributed by atoms with Gasteiger partial charge in [0.15, 0.2) is 0 Å². The molecule has 2 aromatic rings. The van der Waals surface area contributed by atoms with Crippen LogP contribution in [-0.4, -0.2) is 38.5 Å². The first-order valence-corrected chi connectivity index (χ1v) is 12.4. The van der Waals surface area contributed by atoms with Gasteiger partial charge in [-0.25, -0.2) is 13.2 Å². The number of carbonyl (C=O) groups is 2. The number of sulfone groups is 1. The lowest BCUT2D eigenvalue weighted by Crippen LogP contribution is -2.48. The largest absolute Gasteiger partial charge is 0.445 e. The molecule has 0 heterocycles. The van der Waals surface area contributed by atoms with Gasteiger partial charge in [0, 0.05) is 6.26 Å². The zero-order valence-corrected chi connectivity index (χ0v) is 18.4. The molecule has 8 heteroatoms. The summed E-state index contributed by atoms with van der Waals surface area (Å²) in [5.41, 5.74) is 3.08. The topological polar surface area (TPSA) is 102 Å². The molecular weight excluding hydrogens is 416 g/mol. The third-order valence-electron chi connectivity index (χ3n) is 5.28. The highest BCUT2D eigenvalue weighted by molar-refractivity contribution is 7.90. The molecule has 0 aromatic heterocycles. The van der Waals surface area contributed by atoms with Crippen LogP contribution >= 0.6 is 0 Å². The van der Waals surface area contributed by atoms with Crippen molar-refractivity contribution in [1.29, 1.82) is 0 Å². The molecule has 31 heavy (non-hydrogen) atoms. The smallest absolute Gasteiger partial charge is 0.408 e. The van der Waals surface area contributed by atoms with Crippen molar-refractivity contribution in [3.63, 3.8) is 0 Å². The van der Waals surface area contributed by atoms with Crippen molar-refractivity contribution >= 4 is 21.8 Å². The number of benzene rings is 2. The molecule has 1 aliphatic rings. The van der Waals surface area contributed by atoms with Gasteiger partial charge in [-0.1, -0.05) is 54.6 Å². The Balaban J connectivity index is 1.65. The molecule has 0 aliphatic heterocycles. The van der Waals surface area contributed by atoms with Gasteiger partial charge in [0.2, 0.25) is 5.91 Å². The molecule has 0 saturated heterocycles. The first-order valence-electron chi connectivity index (χ1n) is 10.3. The van der Waals surface area contributed by atoms with Crippen LogP contribution in [0.4, 0.5) is 4.79 Å². The Labute approximate surface area is 183 Å². The van der Waals surface area contributed by atoms with E-state index in [-0.39, 0.29) is 24.8 Å². The van der Waals surface area contributed by atoms with Crippen LogP contribution < -0.4 is 10.6 Å².